The molecule has 5 heterocycles. The number of ether oxygens (including phenoxy) is 1. The lowest BCUT2D eigenvalue weighted by Crippen LogP contribution is -2.56. The highest BCUT2D eigenvalue weighted by Gasteiger charge is 2.75. The van der Waals surface area contributed by atoms with Crippen molar-refractivity contribution >= 4 is 28.8 Å². The van der Waals surface area contributed by atoms with Crippen molar-refractivity contribution in [2.45, 2.75) is 43.8 Å². The standard InChI is InChI=1S/C32H34N6O5/c1-2-31-14-8-16-35(20-22-10-4-3-5-11-22)28(40)25(31)26-29(41)37(18-19-39)27-30(42)36(17-9-15-32(26,27)43-31)21-38-24-13-7-6-12-23(24)33-34-38/h3-15,25-27,39H,2,16-21H2,1H3/t25-,26-,27?,31+,32-/m0/s1. The van der Waals surface area contributed by atoms with Gasteiger partial charge in [0, 0.05) is 26.2 Å². The Hall–Kier alpha value is -4.35. The van der Waals surface area contributed by atoms with Crippen LogP contribution in [0.1, 0.15) is 18.9 Å². The quantitative estimate of drug-likeness (QED) is 0.422. The van der Waals surface area contributed by atoms with Gasteiger partial charge in [0.25, 0.3) is 5.91 Å². The summed E-state index contributed by atoms with van der Waals surface area (Å²) in [4.78, 5) is 48.0. The molecule has 2 fully saturated rings. The van der Waals surface area contributed by atoms with Gasteiger partial charge in [0.15, 0.2) is 0 Å². The van der Waals surface area contributed by atoms with Crippen molar-refractivity contribution in [1.82, 2.24) is 29.7 Å². The zero-order valence-electron chi connectivity index (χ0n) is 24.0. The van der Waals surface area contributed by atoms with Gasteiger partial charge in [-0.3, -0.25) is 14.4 Å². The molecular formula is C32H34N6O5. The summed E-state index contributed by atoms with van der Waals surface area (Å²) < 4.78 is 8.63. The van der Waals surface area contributed by atoms with E-state index in [1.165, 1.54) is 4.90 Å². The summed E-state index contributed by atoms with van der Waals surface area (Å²) in [5.41, 5.74) is 0.0432. The number of nitrogens with zero attached hydrogens (tertiary/aromatic N) is 6. The van der Waals surface area contributed by atoms with Crippen molar-refractivity contribution < 1.29 is 24.2 Å². The number of likely N-dealkylation sites (tertiary alicyclic amines) is 1. The van der Waals surface area contributed by atoms with E-state index >= 15 is 0 Å². The molecule has 0 bridgehead atoms. The Morgan fingerprint density at radius 3 is 2.44 bits per heavy atom. The molecule has 3 aromatic rings. The largest absolute Gasteiger partial charge is 0.395 e. The van der Waals surface area contributed by atoms with E-state index in [9.17, 15) is 19.5 Å². The highest BCUT2D eigenvalue weighted by Crippen LogP contribution is 2.58. The molecule has 43 heavy (non-hydrogen) atoms. The summed E-state index contributed by atoms with van der Waals surface area (Å²) in [5.74, 6) is -2.61. The maximum absolute atomic E-state index is 14.5. The SMILES string of the molecule is CC[C@@]12C=CCN(Cc3ccccc3)C(=O)[C@@H]1[C@H]1C(=O)N(CCO)C3C(=O)N(Cn4nnc5ccccc54)CC=C[C@@]31O2. The predicted molar refractivity (Wildman–Crippen MR) is 156 cm³/mol. The van der Waals surface area contributed by atoms with Gasteiger partial charge in [0.2, 0.25) is 11.8 Å². The minimum atomic E-state index is -1.38. The Morgan fingerprint density at radius 2 is 1.65 bits per heavy atom. The molecule has 11 nitrogen and oxygen atoms in total. The van der Waals surface area contributed by atoms with E-state index in [4.69, 9.17) is 4.74 Å². The van der Waals surface area contributed by atoms with Crippen LogP contribution >= 0.6 is 0 Å². The van der Waals surface area contributed by atoms with Crippen LogP contribution in [0.2, 0.25) is 0 Å². The summed E-state index contributed by atoms with van der Waals surface area (Å²) in [6, 6.07) is 16.2. The van der Waals surface area contributed by atoms with Gasteiger partial charge in [0.1, 0.15) is 23.8 Å². The lowest BCUT2D eigenvalue weighted by atomic mass is 9.73. The van der Waals surface area contributed by atoms with Gasteiger partial charge in [-0.25, -0.2) is 4.68 Å². The Balaban J connectivity index is 1.28. The van der Waals surface area contributed by atoms with E-state index in [1.807, 2.05) is 85.8 Å². The lowest BCUT2D eigenvalue weighted by molar-refractivity contribution is -0.155. The molecule has 3 amide bonds. The summed E-state index contributed by atoms with van der Waals surface area (Å²) in [5, 5.41) is 18.5. The first-order valence-corrected chi connectivity index (χ1v) is 14.8. The number of fused-ring (bicyclic) bond motifs is 3. The van der Waals surface area contributed by atoms with Gasteiger partial charge in [-0.1, -0.05) is 78.9 Å². The fraction of sp³-hybridized carbons (Fsp3) is 0.406. The molecule has 11 heteroatoms. The molecule has 2 aromatic carbocycles. The zero-order chi connectivity index (χ0) is 29.8. The Morgan fingerprint density at radius 1 is 0.907 bits per heavy atom. The van der Waals surface area contributed by atoms with E-state index in [2.05, 4.69) is 10.3 Å². The molecule has 0 radical (unpaired) electrons. The maximum Gasteiger partial charge on any atom is 0.250 e. The van der Waals surface area contributed by atoms with Crippen molar-refractivity contribution in [2.24, 2.45) is 11.8 Å². The number of carbonyl (C=O) groups is 3. The second-order valence-electron chi connectivity index (χ2n) is 11.7. The number of carbonyl (C=O) groups excluding carboxylic acids is 3. The number of aromatic nitrogens is 3. The van der Waals surface area contributed by atoms with Crippen molar-refractivity contribution in [1.29, 1.82) is 0 Å². The van der Waals surface area contributed by atoms with Crippen LogP contribution in [0.25, 0.3) is 11.0 Å². The summed E-state index contributed by atoms with van der Waals surface area (Å²) in [6.45, 7) is 2.74. The average molecular weight is 583 g/mol. The highest BCUT2D eigenvalue weighted by molar-refractivity contribution is 6.00. The maximum atomic E-state index is 14.5. The molecule has 1 spiro atoms. The van der Waals surface area contributed by atoms with Crippen LogP contribution in [0.5, 0.6) is 0 Å². The number of hydrogen-bond acceptors (Lipinski definition) is 7. The van der Waals surface area contributed by atoms with E-state index in [0.717, 1.165) is 11.1 Å². The van der Waals surface area contributed by atoms with Crippen LogP contribution < -0.4 is 0 Å². The van der Waals surface area contributed by atoms with Gasteiger partial charge in [-0.05, 0) is 24.1 Å². The highest BCUT2D eigenvalue weighted by atomic mass is 16.5. The molecule has 2 saturated heterocycles. The molecule has 0 aliphatic carbocycles. The van der Waals surface area contributed by atoms with Gasteiger partial charge >= 0.3 is 0 Å². The molecule has 7 rings (SSSR count). The molecule has 1 N–H and O–H groups in total. The van der Waals surface area contributed by atoms with Crippen LogP contribution in [-0.4, -0.2) is 96.0 Å². The van der Waals surface area contributed by atoms with Crippen molar-refractivity contribution in [2.75, 3.05) is 26.2 Å². The number of aliphatic hydroxyl groups is 1. The summed E-state index contributed by atoms with van der Waals surface area (Å²) >= 11 is 0. The molecular weight excluding hydrogens is 548 g/mol. The molecule has 5 atom stereocenters. The molecule has 1 unspecified atom stereocenters. The van der Waals surface area contributed by atoms with Crippen molar-refractivity contribution in [3.63, 3.8) is 0 Å². The van der Waals surface area contributed by atoms with Crippen LogP contribution in [0, 0.1) is 11.8 Å². The number of hydrogen-bond donors (Lipinski definition) is 1. The third-order valence-corrected chi connectivity index (χ3v) is 9.39. The molecule has 222 valence electrons. The zero-order valence-corrected chi connectivity index (χ0v) is 24.0. The predicted octanol–water partition coefficient (Wildman–Crippen LogP) is 1.74. The van der Waals surface area contributed by atoms with Crippen LogP contribution in [0.4, 0.5) is 0 Å². The van der Waals surface area contributed by atoms with E-state index in [-0.39, 0.29) is 44.1 Å². The number of aliphatic hydroxyl groups excluding tert-OH is 1. The molecule has 4 aliphatic rings. The fourth-order valence-electron chi connectivity index (χ4n) is 7.46. The minimum Gasteiger partial charge on any atom is -0.395 e. The van der Waals surface area contributed by atoms with Gasteiger partial charge in [-0.2, -0.15) is 0 Å². The van der Waals surface area contributed by atoms with Gasteiger partial charge in [-0.15, -0.1) is 5.10 Å². The first-order valence-electron chi connectivity index (χ1n) is 14.8. The molecule has 0 saturated carbocycles. The van der Waals surface area contributed by atoms with E-state index in [1.54, 1.807) is 14.5 Å². The van der Waals surface area contributed by atoms with Crippen LogP contribution in [0.3, 0.4) is 0 Å². The fourth-order valence-corrected chi connectivity index (χ4v) is 7.46. The van der Waals surface area contributed by atoms with Gasteiger partial charge < -0.3 is 24.5 Å². The third-order valence-electron chi connectivity index (χ3n) is 9.39. The first-order chi connectivity index (χ1) is 20.9. The Bertz CT molecular complexity index is 1640. The third kappa shape index (κ3) is 4.13. The van der Waals surface area contributed by atoms with Gasteiger partial charge in [0.05, 0.1) is 29.6 Å². The van der Waals surface area contributed by atoms with E-state index in [0.29, 0.717) is 25.0 Å². The monoisotopic (exact) mass is 582 g/mol. The smallest absolute Gasteiger partial charge is 0.250 e. The second kappa shape index (κ2) is 10.4. The summed E-state index contributed by atoms with van der Waals surface area (Å²) in [6.07, 6.45) is 8.00. The lowest BCUT2D eigenvalue weighted by Gasteiger charge is -2.38. The molecule has 4 aliphatic heterocycles. The Kier molecular flexibility index (Phi) is 6.66. The number of amides is 3. The average Bonchev–Trinajstić information content (AvgIpc) is 3.56. The topological polar surface area (TPSA) is 121 Å². The normalized spacial score (nSPS) is 30.0. The molecule has 1 aromatic heterocycles. The number of rotatable bonds is 7. The first kappa shape index (κ1) is 27.5. The summed E-state index contributed by atoms with van der Waals surface area (Å²) in [7, 11) is 0. The van der Waals surface area contributed by atoms with E-state index < -0.39 is 29.1 Å². The van der Waals surface area contributed by atoms with Crippen LogP contribution in [-0.2, 0) is 32.3 Å². The number of β-amino-alcohol motifs (C(OH)–C–C–N with tert-alkyl or cyclic N) is 1. The van der Waals surface area contributed by atoms with Crippen molar-refractivity contribution in [3.8, 4) is 0 Å². The number of benzene rings is 2. The number of para-hydroxylation sites is 1. The minimum absolute atomic E-state index is 0.0472. The van der Waals surface area contributed by atoms with Crippen LogP contribution in [0.15, 0.2) is 78.9 Å². The Labute approximate surface area is 249 Å². The van der Waals surface area contributed by atoms with Crippen molar-refractivity contribution in [3.05, 3.63) is 84.5 Å². The second-order valence-corrected chi connectivity index (χ2v) is 11.7.